The van der Waals surface area contributed by atoms with Gasteiger partial charge in [0.15, 0.2) is 0 Å². The topological polar surface area (TPSA) is 89.5 Å². The van der Waals surface area contributed by atoms with Crippen molar-refractivity contribution in [3.63, 3.8) is 0 Å². The number of carboxylic acids is 1. The Balaban J connectivity index is 1.70. The van der Waals surface area contributed by atoms with E-state index < -0.39 is 11.9 Å². The summed E-state index contributed by atoms with van der Waals surface area (Å²) < 4.78 is 0. The molecule has 0 unspecified atom stereocenters. The van der Waals surface area contributed by atoms with Crippen LogP contribution in [0.2, 0.25) is 0 Å². The summed E-state index contributed by atoms with van der Waals surface area (Å²) in [5, 5.41) is 13.5. The van der Waals surface area contributed by atoms with Crippen LogP contribution >= 0.6 is 0 Å². The Morgan fingerprint density at radius 3 is 2.50 bits per heavy atom. The molecule has 134 valence electrons. The smallest absolute Gasteiger partial charge is 0.229 e. The molecule has 1 saturated heterocycles. The maximum Gasteiger partial charge on any atom is 0.229 e. The van der Waals surface area contributed by atoms with Crippen molar-refractivity contribution in [2.45, 2.75) is 19.8 Å². The monoisotopic (exact) mass is 351 g/mol. The molecule has 1 N–H and O–H groups in total. The molecule has 1 heterocycles. The summed E-state index contributed by atoms with van der Waals surface area (Å²) in [7, 11) is 0. The molecule has 6 heteroatoms. The molecule has 1 fully saturated rings. The van der Waals surface area contributed by atoms with Crippen LogP contribution in [0.25, 0.3) is 0 Å². The Hall–Kier alpha value is -3.15. The third-order valence-corrected chi connectivity index (χ3v) is 4.55. The lowest BCUT2D eigenvalue weighted by Crippen LogP contribution is -2.28. The number of hydrogen-bond donors (Lipinski definition) is 1. The van der Waals surface area contributed by atoms with E-state index in [0.717, 1.165) is 17.7 Å². The minimum atomic E-state index is -1.27. The van der Waals surface area contributed by atoms with Crippen LogP contribution < -0.4 is 15.3 Å². The van der Waals surface area contributed by atoms with E-state index in [4.69, 9.17) is 0 Å². The average molecular weight is 351 g/mol. The number of carboxylic acid groups (broad SMARTS) is 1. The molecule has 0 saturated carbocycles. The Morgan fingerprint density at radius 2 is 1.85 bits per heavy atom. The summed E-state index contributed by atoms with van der Waals surface area (Å²) >= 11 is 0. The van der Waals surface area contributed by atoms with Gasteiger partial charge in [-0.25, -0.2) is 0 Å². The summed E-state index contributed by atoms with van der Waals surface area (Å²) in [6.07, 6.45) is 0.961. The third kappa shape index (κ3) is 3.59. The average Bonchev–Trinajstić information content (AvgIpc) is 3.04. The predicted molar refractivity (Wildman–Crippen MR) is 95.7 cm³/mol. The number of aryl methyl sites for hydroxylation is 1. The number of para-hydroxylation sites is 1. The SMILES string of the molecule is CCc1ccccc1N1C[C@@H](C(=O)Nc2ccc(C(=O)[O-])cc2)CC1=O. The van der Waals surface area contributed by atoms with Gasteiger partial charge in [-0.3, -0.25) is 9.59 Å². The van der Waals surface area contributed by atoms with E-state index in [-0.39, 0.29) is 23.8 Å². The van der Waals surface area contributed by atoms with E-state index >= 15 is 0 Å². The van der Waals surface area contributed by atoms with Gasteiger partial charge in [0, 0.05) is 24.3 Å². The Morgan fingerprint density at radius 1 is 1.15 bits per heavy atom. The zero-order valence-corrected chi connectivity index (χ0v) is 14.4. The second kappa shape index (κ2) is 7.39. The van der Waals surface area contributed by atoms with Crippen molar-refractivity contribution in [1.29, 1.82) is 0 Å². The van der Waals surface area contributed by atoms with E-state index in [0.29, 0.717) is 12.2 Å². The number of carbonyl (C=O) groups excluding carboxylic acids is 3. The highest BCUT2D eigenvalue weighted by Gasteiger charge is 2.35. The number of anilines is 2. The minimum Gasteiger partial charge on any atom is -0.545 e. The molecule has 2 aromatic rings. The minimum absolute atomic E-state index is 0.0430. The lowest BCUT2D eigenvalue weighted by Gasteiger charge is -2.20. The van der Waals surface area contributed by atoms with Crippen molar-refractivity contribution in [2.24, 2.45) is 5.92 Å². The van der Waals surface area contributed by atoms with Gasteiger partial charge in [0.05, 0.1) is 11.9 Å². The van der Waals surface area contributed by atoms with Crippen LogP contribution in [0.5, 0.6) is 0 Å². The van der Waals surface area contributed by atoms with Gasteiger partial charge in [-0.05, 0) is 35.7 Å². The molecule has 0 spiro atoms. The first-order valence-corrected chi connectivity index (χ1v) is 8.50. The van der Waals surface area contributed by atoms with Gasteiger partial charge in [-0.2, -0.15) is 0 Å². The number of rotatable bonds is 5. The van der Waals surface area contributed by atoms with Crippen molar-refractivity contribution in [3.8, 4) is 0 Å². The van der Waals surface area contributed by atoms with E-state index in [1.54, 1.807) is 4.90 Å². The second-order valence-corrected chi connectivity index (χ2v) is 6.24. The number of amides is 2. The Bertz CT molecular complexity index is 845. The van der Waals surface area contributed by atoms with E-state index in [2.05, 4.69) is 5.32 Å². The number of benzene rings is 2. The van der Waals surface area contributed by atoms with Crippen LogP contribution in [0, 0.1) is 5.92 Å². The molecule has 1 atom stereocenters. The molecule has 26 heavy (non-hydrogen) atoms. The molecule has 1 aliphatic heterocycles. The molecule has 2 amide bonds. The van der Waals surface area contributed by atoms with Crippen molar-refractivity contribution in [1.82, 2.24) is 0 Å². The van der Waals surface area contributed by atoms with Crippen molar-refractivity contribution in [2.75, 3.05) is 16.8 Å². The first-order valence-electron chi connectivity index (χ1n) is 8.50. The standard InChI is InChI=1S/C20H20N2O4/c1-2-13-5-3-4-6-17(13)22-12-15(11-18(22)23)19(24)21-16-9-7-14(8-10-16)20(25)26/h3-10,15H,2,11-12H2,1H3,(H,21,24)(H,25,26)/p-1/t15-/m0/s1. The van der Waals surface area contributed by atoms with Gasteiger partial charge < -0.3 is 20.1 Å². The predicted octanol–water partition coefficient (Wildman–Crippen LogP) is 1.60. The number of nitrogens with zero attached hydrogens (tertiary/aromatic N) is 1. The quantitative estimate of drug-likeness (QED) is 0.886. The number of aromatic carboxylic acids is 1. The van der Waals surface area contributed by atoms with Crippen LogP contribution in [0.1, 0.15) is 29.3 Å². The van der Waals surface area contributed by atoms with Gasteiger partial charge >= 0.3 is 0 Å². The first kappa shape index (κ1) is 17.7. The summed E-state index contributed by atoms with van der Waals surface area (Å²) in [6, 6.07) is 13.4. The molecular formula is C20H19N2O4-. The third-order valence-electron chi connectivity index (χ3n) is 4.55. The highest BCUT2D eigenvalue weighted by atomic mass is 16.4. The number of carbonyl (C=O) groups is 3. The van der Waals surface area contributed by atoms with Crippen molar-refractivity contribution < 1.29 is 19.5 Å². The fourth-order valence-corrected chi connectivity index (χ4v) is 3.12. The zero-order chi connectivity index (χ0) is 18.7. The molecule has 0 bridgehead atoms. The molecule has 1 aliphatic rings. The van der Waals surface area contributed by atoms with E-state index in [1.165, 1.54) is 24.3 Å². The lowest BCUT2D eigenvalue weighted by atomic mass is 10.1. The van der Waals surface area contributed by atoms with Crippen LogP contribution in [-0.2, 0) is 16.0 Å². The van der Waals surface area contributed by atoms with Crippen LogP contribution in [-0.4, -0.2) is 24.3 Å². The van der Waals surface area contributed by atoms with Crippen molar-refractivity contribution >= 4 is 29.2 Å². The maximum absolute atomic E-state index is 12.5. The summed E-state index contributed by atoms with van der Waals surface area (Å²) in [5.41, 5.74) is 2.45. The van der Waals surface area contributed by atoms with Crippen LogP contribution in [0.15, 0.2) is 48.5 Å². The van der Waals surface area contributed by atoms with Gasteiger partial charge in [-0.1, -0.05) is 37.3 Å². The fraction of sp³-hybridized carbons (Fsp3) is 0.250. The molecule has 2 aromatic carbocycles. The number of hydrogen-bond acceptors (Lipinski definition) is 4. The Labute approximate surface area is 151 Å². The highest BCUT2D eigenvalue weighted by molar-refractivity contribution is 6.04. The summed E-state index contributed by atoms with van der Waals surface area (Å²) in [5.74, 6) is -2.04. The van der Waals surface area contributed by atoms with Gasteiger partial charge in [0.1, 0.15) is 0 Å². The molecule has 0 aliphatic carbocycles. The Kier molecular flexibility index (Phi) is 5.02. The number of nitrogens with one attached hydrogen (secondary N) is 1. The largest absolute Gasteiger partial charge is 0.545 e. The summed E-state index contributed by atoms with van der Waals surface area (Å²) in [4.78, 5) is 37.3. The second-order valence-electron chi connectivity index (χ2n) is 6.24. The van der Waals surface area contributed by atoms with Gasteiger partial charge in [0.2, 0.25) is 11.8 Å². The maximum atomic E-state index is 12.5. The van der Waals surface area contributed by atoms with Gasteiger partial charge in [-0.15, -0.1) is 0 Å². The molecular weight excluding hydrogens is 332 g/mol. The molecule has 0 aromatic heterocycles. The van der Waals surface area contributed by atoms with E-state index in [1.807, 2.05) is 31.2 Å². The first-order chi connectivity index (χ1) is 12.5. The zero-order valence-electron chi connectivity index (χ0n) is 14.4. The van der Waals surface area contributed by atoms with Gasteiger partial charge in [0.25, 0.3) is 0 Å². The highest BCUT2D eigenvalue weighted by Crippen LogP contribution is 2.29. The molecule has 0 radical (unpaired) electrons. The van der Waals surface area contributed by atoms with Crippen molar-refractivity contribution in [3.05, 3.63) is 59.7 Å². The fourth-order valence-electron chi connectivity index (χ4n) is 3.12. The molecule has 3 rings (SSSR count). The van der Waals surface area contributed by atoms with Crippen LogP contribution in [0.3, 0.4) is 0 Å². The lowest BCUT2D eigenvalue weighted by molar-refractivity contribution is -0.255. The molecule has 6 nitrogen and oxygen atoms in total. The van der Waals surface area contributed by atoms with Crippen LogP contribution in [0.4, 0.5) is 11.4 Å². The normalized spacial score (nSPS) is 16.6. The van der Waals surface area contributed by atoms with E-state index in [9.17, 15) is 19.5 Å². The summed E-state index contributed by atoms with van der Waals surface area (Å²) in [6.45, 7) is 2.36.